The van der Waals surface area contributed by atoms with Gasteiger partial charge in [-0.3, -0.25) is 4.79 Å². The molecule has 110 valence electrons. The summed E-state index contributed by atoms with van der Waals surface area (Å²) >= 11 is 0. The van der Waals surface area contributed by atoms with E-state index in [1.807, 2.05) is 0 Å². The lowest BCUT2D eigenvalue weighted by Crippen LogP contribution is -2.23. The first-order chi connectivity index (χ1) is 10.2. The van der Waals surface area contributed by atoms with Gasteiger partial charge in [-0.1, -0.05) is 6.07 Å². The van der Waals surface area contributed by atoms with Crippen LogP contribution in [0.15, 0.2) is 36.8 Å². The molecule has 0 bridgehead atoms. The topological polar surface area (TPSA) is 87.2 Å². The van der Waals surface area contributed by atoms with Crippen molar-refractivity contribution in [1.82, 2.24) is 15.3 Å². The summed E-state index contributed by atoms with van der Waals surface area (Å²) in [5.41, 5.74) is 1.69. The van der Waals surface area contributed by atoms with Gasteiger partial charge in [-0.15, -0.1) is 0 Å². The second-order valence-corrected chi connectivity index (χ2v) is 4.38. The predicted molar refractivity (Wildman–Crippen MR) is 79.0 cm³/mol. The first-order valence-electron chi connectivity index (χ1n) is 6.49. The van der Waals surface area contributed by atoms with Gasteiger partial charge >= 0.3 is 0 Å². The number of phenolic OH excluding ortho intramolecular Hbond substituents is 1. The monoisotopic (exact) mass is 287 g/mol. The van der Waals surface area contributed by atoms with E-state index in [9.17, 15) is 9.90 Å². The van der Waals surface area contributed by atoms with Crippen LogP contribution < -0.4 is 10.1 Å². The van der Waals surface area contributed by atoms with Crippen molar-refractivity contribution >= 4 is 12.0 Å². The van der Waals surface area contributed by atoms with Crippen LogP contribution in [0.25, 0.3) is 6.08 Å². The molecule has 6 nitrogen and oxygen atoms in total. The number of phenols is 1. The zero-order valence-corrected chi connectivity index (χ0v) is 11.7. The third-order valence-electron chi connectivity index (χ3n) is 2.88. The lowest BCUT2D eigenvalue weighted by atomic mass is 10.2. The molecule has 1 aromatic heterocycles. The molecule has 0 saturated heterocycles. The Morgan fingerprint density at radius 1 is 1.52 bits per heavy atom. The van der Waals surface area contributed by atoms with Crippen LogP contribution >= 0.6 is 0 Å². The minimum absolute atomic E-state index is 0.0410. The number of aromatic amines is 1. The SMILES string of the molecule is COc1ccc(/C=C/C(=O)NCCc2cnc[nH]2)cc1O. The number of ether oxygens (including phenoxy) is 1. The molecule has 1 heterocycles. The summed E-state index contributed by atoms with van der Waals surface area (Å²) in [7, 11) is 1.48. The lowest BCUT2D eigenvalue weighted by molar-refractivity contribution is -0.116. The van der Waals surface area contributed by atoms with Gasteiger partial charge in [0.05, 0.1) is 13.4 Å². The van der Waals surface area contributed by atoms with Crippen molar-refractivity contribution in [3.63, 3.8) is 0 Å². The third kappa shape index (κ3) is 4.38. The van der Waals surface area contributed by atoms with Crippen LogP contribution in [0.4, 0.5) is 0 Å². The van der Waals surface area contributed by atoms with Gasteiger partial charge in [0.15, 0.2) is 11.5 Å². The van der Waals surface area contributed by atoms with Crippen LogP contribution in [0.1, 0.15) is 11.3 Å². The highest BCUT2D eigenvalue weighted by atomic mass is 16.5. The van der Waals surface area contributed by atoms with E-state index in [0.717, 1.165) is 11.3 Å². The standard InChI is InChI=1S/C15H17N3O3/c1-21-14-4-2-11(8-13(14)19)3-5-15(20)17-7-6-12-9-16-10-18-12/h2-5,8-10,19H,6-7H2,1H3,(H,16,18)(H,17,20)/b5-3+. The van der Waals surface area contributed by atoms with Gasteiger partial charge in [-0.25, -0.2) is 4.98 Å². The number of amides is 1. The van der Waals surface area contributed by atoms with E-state index >= 15 is 0 Å². The number of rotatable bonds is 6. The van der Waals surface area contributed by atoms with Gasteiger partial charge in [0.2, 0.25) is 5.91 Å². The molecule has 0 saturated carbocycles. The maximum Gasteiger partial charge on any atom is 0.244 e. The molecule has 1 amide bonds. The van der Waals surface area contributed by atoms with Crippen molar-refractivity contribution in [3.05, 3.63) is 48.1 Å². The van der Waals surface area contributed by atoms with Crippen molar-refractivity contribution in [3.8, 4) is 11.5 Å². The summed E-state index contributed by atoms with van der Waals surface area (Å²) in [6, 6.07) is 4.94. The van der Waals surface area contributed by atoms with Gasteiger partial charge in [0, 0.05) is 30.9 Å². The van der Waals surface area contributed by atoms with E-state index in [1.165, 1.54) is 19.3 Å². The van der Waals surface area contributed by atoms with Crippen molar-refractivity contribution < 1.29 is 14.6 Å². The number of nitrogens with zero attached hydrogens (tertiary/aromatic N) is 1. The van der Waals surface area contributed by atoms with Crippen molar-refractivity contribution in [2.75, 3.05) is 13.7 Å². The molecule has 21 heavy (non-hydrogen) atoms. The number of aromatic hydroxyl groups is 1. The highest BCUT2D eigenvalue weighted by Crippen LogP contribution is 2.26. The van der Waals surface area contributed by atoms with Crippen molar-refractivity contribution in [1.29, 1.82) is 0 Å². The number of benzene rings is 1. The molecular formula is C15H17N3O3. The maximum atomic E-state index is 11.6. The first kappa shape index (κ1) is 14.6. The van der Waals surface area contributed by atoms with Gasteiger partial charge < -0.3 is 20.1 Å². The maximum absolute atomic E-state index is 11.6. The highest BCUT2D eigenvalue weighted by molar-refractivity contribution is 5.91. The van der Waals surface area contributed by atoms with E-state index in [-0.39, 0.29) is 11.7 Å². The van der Waals surface area contributed by atoms with E-state index in [1.54, 1.807) is 30.7 Å². The number of hydrogen-bond donors (Lipinski definition) is 3. The van der Waals surface area contributed by atoms with Gasteiger partial charge in [-0.2, -0.15) is 0 Å². The van der Waals surface area contributed by atoms with Gasteiger partial charge in [0.1, 0.15) is 0 Å². The zero-order valence-electron chi connectivity index (χ0n) is 11.7. The van der Waals surface area contributed by atoms with Crippen LogP contribution in [-0.2, 0) is 11.2 Å². The molecule has 0 spiro atoms. The zero-order chi connectivity index (χ0) is 15.1. The highest BCUT2D eigenvalue weighted by Gasteiger charge is 2.01. The molecule has 0 unspecified atom stereocenters. The molecule has 0 fully saturated rings. The number of aromatic nitrogens is 2. The van der Waals surface area contributed by atoms with E-state index in [0.29, 0.717) is 18.7 Å². The largest absolute Gasteiger partial charge is 0.504 e. The van der Waals surface area contributed by atoms with Crippen LogP contribution in [0.5, 0.6) is 11.5 Å². The Balaban J connectivity index is 1.82. The van der Waals surface area contributed by atoms with Crippen LogP contribution in [-0.4, -0.2) is 34.6 Å². The quantitative estimate of drug-likeness (QED) is 0.703. The Labute approximate surface area is 122 Å². The molecule has 3 N–H and O–H groups in total. The number of carbonyl (C=O) groups is 1. The molecule has 2 rings (SSSR count). The summed E-state index contributed by atoms with van der Waals surface area (Å²) in [5.74, 6) is 0.250. The fourth-order valence-corrected chi connectivity index (χ4v) is 1.78. The summed E-state index contributed by atoms with van der Waals surface area (Å²) in [4.78, 5) is 18.5. The summed E-state index contributed by atoms with van der Waals surface area (Å²) in [6.45, 7) is 0.527. The van der Waals surface area contributed by atoms with Crippen LogP contribution in [0, 0.1) is 0 Å². The number of methoxy groups -OCH3 is 1. The van der Waals surface area contributed by atoms with Crippen molar-refractivity contribution in [2.24, 2.45) is 0 Å². The Kier molecular flexibility index (Phi) is 4.98. The molecular weight excluding hydrogens is 270 g/mol. The number of nitrogens with one attached hydrogen (secondary N) is 2. The fraction of sp³-hybridized carbons (Fsp3) is 0.200. The Morgan fingerprint density at radius 2 is 2.38 bits per heavy atom. The molecule has 2 aromatic rings. The normalized spacial score (nSPS) is 10.7. The minimum atomic E-state index is -0.190. The minimum Gasteiger partial charge on any atom is -0.504 e. The smallest absolute Gasteiger partial charge is 0.244 e. The van der Waals surface area contributed by atoms with E-state index in [2.05, 4.69) is 15.3 Å². The second kappa shape index (κ2) is 7.14. The lowest BCUT2D eigenvalue weighted by Gasteiger charge is -2.03. The molecule has 1 aromatic carbocycles. The molecule has 0 aliphatic rings. The fourth-order valence-electron chi connectivity index (χ4n) is 1.78. The Bertz CT molecular complexity index is 621. The molecule has 6 heteroatoms. The van der Waals surface area contributed by atoms with Crippen molar-refractivity contribution in [2.45, 2.75) is 6.42 Å². The third-order valence-corrected chi connectivity index (χ3v) is 2.88. The summed E-state index contributed by atoms with van der Waals surface area (Å²) in [5, 5.41) is 12.4. The van der Waals surface area contributed by atoms with E-state index < -0.39 is 0 Å². The molecule has 0 radical (unpaired) electrons. The number of carbonyl (C=O) groups excluding carboxylic acids is 1. The molecule has 0 aliphatic heterocycles. The molecule has 0 atom stereocenters. The van der Waals surface area contributed by atoms with Gasteiger partial charge in [0.25, 0.3) is 0 Å². The number of imidazole rings is 1. The van der Waals surface area contributed by atoms with Crippen LogP contribution in [0.2, 0.25) is 0 Å². The Morgan fingerprint density at radius 3 is 3.05 bits per heavy atom. The first-order valence-corrected chi connectivity index (χ1v) is 6.49. The number of hydrogen-bond acceptors (Lipinski definition) is 4. The molecule has 0 aliphatic carbocycles. The number of H-pyrrole nitrogens is 1. The van der Waals surface area contributed by atoms with Crippen LogP contribution in [0.3, 0.4) is 0 Å². The summed E-state index contributed by atoms with van der Waals surface area (Å²) in [6.07, 6.45) is 7.08. The van der Waals surface area contributed by atoms with E-state index in [4.69, 9.17) is 4.74 Å². The average Bonchev–Trinajstić information content (AvgIpc) is 2.98. The Hall–Kier alpha value is -2.76. The summed E-state index contributed by atoms with van der Waals surface area (Å²) < 4.78 is 4.95. The average molecular weight is 287 g/mol. The van der Waals surface area contributed by atoms with Gasteiger partial charge in [-0.05, 0) is 23.8 Å². The second-order valence-electron chi connectivity index (χ2n) is 4.38. The predicted octanol–water partition coefficient (Wildman–Crippen LogP) is 1.50.